The highest BCUT2D eigenvalue weighted by molar-refractivity contribution is 7.12. The molecule has 1 aromatic carbocycles. The molecule has 3 rings (SSSR count). The van der Waals surface area contributed by atoms with Gasteiger partial charge >= 0.3 is 0 Å². The summed E-state index contributed by atoms with van der Waals surface area (Å²) in [6.45, 7) is 0.516. The second-order valence-electron chi connectivity index (χ2n) is 4.74. The van der Waals surface area contributed by atoms with Gasteiger partial charge in [0.25, 0.3) is 5.91 Å². The molecule has 0 aliphatic heterocycles. The summed E-state index contributed by atoms with van der Waals surface area (Å²) >= 11 is 1.28. The first-order valence-electron chi connectivity index (χ1n) is 6.84. The first-order chi connectivity index (χ1) is 11.2. The number of methoxy groups -OCH3 is 1. The molecule has 3 aromatic rings. The number of hydrogen-bond donors (Lipinski definition) is 2. The number of benzene rings is 1. The molecule has 3 N–H and O–H groups in total. The summed E-state index contributed by atoms with van der Waals surface area (Å²) in [6.07, 6.45) is 1.77. The van der Waals surface area contributed by atoms with Gasteiger partial charge in [0.15, 0.2) is 0 Å². The molecule has 2 aromatic heterocycles. The monoisotopic (exact) mass is 329 g/mol. The summed E-state index contributed by atoms with van der Waals surface area (Å²) in [5.41, 5.74) is 7.70. The van der Waals surface area contributed by atoms with Crippen molar-refractivity contribution in [1.29, 1.82) is 0 Å². The SMILES string of the molecule is COc1ccc(NCc2cn(-c3ccsc3C(N)=O)nn2)cc1. The van der Waals surface area contributed by atoms with Crippen LogP contribution in [0.3, 0.4) is 0 Å². The smallest absolute Gasteiger partial charge is 0.260 e. The van der Waals surface area contributed by atoms with Crippen molar-refractivity contribution in [2.45, 2.75) is 6.54 Å². The number of thiophene rings is 1. The average Bonchev–Trinajstić information content (AvgIpc) is 3.22. The third-order valence-corrected chi connectivity index (χ3v) is 4.14. The number of amides is 1. The van der Waals surface area contributed by atoms with E-state index in [0.717, 1.165) is 17.1 Å². The van der Waals surface area contributed by atoms with E-state index < -0.39 is 5.91 Å². The summed E-state index contributed by atoms with van der Waals surface area (Å²) in [7, 11) is 1.63. The number of nitrogens with one attached hydrogen (secondary N) is 1. The van der Waals surface area contributed by atoms with Crippen LogP contribution in [0, 0.1) is 0 Å². The second kappa shape index (κ2) is 6.49. The van der Waals surface area contributed by atoms with E-state index in [2.05, 4.69) is 15.6 Å². The lowest BCUT2D eigenvalue weighted by Gasteiger charge is -2.05. The number of nitrogens with two attached hydrogens (primary N) is 1. The number of nitrogens with zero attached hydrogens (tertiary/aromatic N) is 3. The van der Waals surface area contributed by atoms with Gasteiger partial charge in [-0.1, -0.05) is 5.21 Å². The van der Waals surface area contributed by atoms with Crippen molar-refractivity contribution in [2.24, 2.45) is 5.73 Å². The van der Waals surface area contributed by atoms with E-state index in [9.17, 15) is 4.79 Å². The lowest BCUT2D eigenvalue weighted by molar-refractivity contribution is 0.100. The standard InChI is InChI=1S/C15H15N5O2S/c1-22-12-4-2-10(3-5-12)17-8-11-9-20(19-18-11)13-6-7-23-14(13)15(16)21/h2-7,9,17H,8H2,1H3,(H2,16,21). The van der Waals surface area contributed by atoms with Crippen LogP contribution in [0.2, 0.25) is 0 Å². The molecule has 0 saturated heterocycles. The fraction of sp³-hybridized carbons (Fsp3) is 0.133. The number of carbonyl (C=O) groups is 1. The van der Waals surface area contributed by atoms with E-state index in [1.807, 2.05) is 24.3 Å². The van der Waals surface area contributed by atoms with Crippen LogP contribution in [0.15, 0.2) is 41.9 Å². The van der Waals surface area contributed by atoms with Crippen molar-refractivity contribution in [3.05, 3.63) is 52.5 Å². The van der Waals surface area contributed by atoms with Crippen LogP contribution in [0.1, 0.15) is 15.4 Å². The number of rotatable bonds is 6. The second-order valence-corrected chi connectivity index (χ2v) is 5.65. The summed E-state index contributed by atoms with van der Waals surface area (Å²) < 4.78 is 6.67. The lowest BCUT2D eigenvalue weighted by Crippen LogP contribution is -2.12. The zero-order valence-corrected chi connectivity index (χ0v) is 13.2. The number of aromatic nitrogens is 3. The molecule has 0 fully saturated rings. The molecular formula is C15H15N5O2S. The Bertz CT molecular complexity index is 809. The quantitative estimate of drug-likeness (QED) is 0.721. The molecule has 7 nitrogen and oxygen atoms in total. The maximum absolute atomic E-state index is 11.4. The number of carbonyl (C=O) groups excluding carboxylic acids is 1. The molecule has 2 heterocycles. The molecule has 0 aliphatic carbocycles. The highest BCUT2D eigenvalue weighted by Gasteiger charge is 2.13. The summed E-state index contributed by atoms with van der Waals surface area (Å²) in [5, 5.41) is 13.2. The highest BCUT2D eigenvalue weighted by Crippen LogP contribution is 2.20. The fourth-order valence-corrected chi connectivity index (χ4v) is 2.80. The van der Waals surface area contributed by atoms with E-state index in [1.165, 1.54) is 11.3 Å². The van der Waals surface area contributed by atoms with E-state index in [-0.39, 0.29) is 0 Å². The first kappa shape index (κ1) is 15.0. The molecule has 1 amide bonds. The van der Waals surface area contributed by atoms with Gasteiger partial charge in [0.2, 0.25) is 0 Å². The van der Waals surface area contributed by atoms with Gasteiger partial charge in [-0.2, -0.15) is 0 Å². The molecule has 0 radical (unpaired) electrons. The van der Waals surface area contributed by atoms with Crippen LogP contribution in [0.4, 0.5) is 5.69 Å². The lowest BCUT2D eigenvalue weighted by atomic mass is 10.3. The van der Waals surface area contributed by atoms with Crippen molar-refractivity contribution in [2.75, 3.05) is 12.4 Å². The van der Waals surface area contributed by atoms with Crippen molar-refractivity contribution in [3.8, 4) is 11.4 Å². The molecule has 0 unspecified atom stereocenters. The Morgan fingerprint density at radius 3 is 2.83 bits per heavy atom. The summed E-state index contributed by atoms with van der Waals surface area (Å²) in [4.78, 5) is 11.8. The Hall–Kier alpha value is -2.87. The van der Waals surface area contributed by atoms with E-state index in [4.69, 9.17) is 10.5 Å². The minimum Gasteiger partial charge on any atom is -0.497 e. The van der Waals surface area contributed by atoms with Crippen molar-refractivity contribution in [1.82, 2.24) is 15.0 Å². The zero-order valence-electron chi connectivity index (χ0n) is 12.4. The van der Waals surface area contributed by atoms with E-state index >= 15 is 0 Å². The minimum absolute atomic E-state index is 0.463. The Balaban J connectivity index is 1.69. The normalized spacial score (nSPS) is 10.5. The molecular weight excluding hydrogens is 314 g/mol. The zero-order chi connectivity index (χ0) is 16.2. The predicted molar refractivity (Wildman–Crippen MR) is 88.1 cm³/mol. The predicted octanol–water partition coefficient (Wildman–Crippen LogP) is 2.05. The molecule has 0 bridgehead atoms. The third-order valence-electron chi connectivity index (χ3n) is 3.22. The van der Waals surface area contributed by atoms with Gasteiger partial charge in [-0.3, -0.25) is 4.79 Å². The molecule has 118 valence electrons. The van der Waals surface area contributed by atoms with E-state index in [1.54, 1.807) is 29.4 Å². The topological polar surface area (TPSA) is 95.1 Å². The molecule has 0 atom stereocenters. The molecule has 23 heavy (non-hydrogen) atoms. The van der Waals surface area contributed by atoms with Gasteiger partial charge in [0.1, 0.15) is 16.3 Å². The average molecular weight is 329 g/mol. The number of ether oxygens (including phenoxy) is 1. The summed E-state index contributed by atoms with van der Waals surface area (Å²) in [6, 6.07) is 9.40. The highest BCUT2D eigenvalue weighted by atomic mass is 32.1. The molecule has 0 spiro atoms. The summed E-state index contributed by atoms with van der Waals surface area (Å²) in [5.74, 6) is 0.335. The molecule has 0 saturated carbocycles. The number of anilines is 1. The van der Waals surface area contributed by atoms with Gasteiger partial charge in [0, 0.05) is 5.69 Å². The van der Waals surface area contributed by atoms with Crippen LogP contribution >= 0.6 is 11.3 Å². The van der Waals surface area contributed by atoms with Crippen molar-refractivity contribution in [3.63, 3.8) is 0 Å². The van der Waals surface area contributed by atoms with Crippen molar-refractivity contribution < 1.29 is 9.53 Å². The maximum atomic E-state index is 11.4. The van der Waals surface area contributed by atoms with Crippen molar-refractivity contribution >= 4 is 22.9 Å². The Morgan fingerprint density at radius 2 is 2.13 bits per heavy atom. The van der Waals surface area contributed by atoms with E-state index in [0.29, 0.717) is 17.1 Å². The molecule has 0 aliphatic rings. The van der Waals surface area contributed by atoms with Crippen LogP contribution in [0.25, 0.3) is 5.69 Å². The maximum Gasteiger partial charge on any atom is 0.260 e. The first-order valence-corrected chi connectivity index (χ1v) is 7.72. The van der Waals surface area contributed by atoms with Gasteiger partial charge in [0.05, 0.1) is 25.5 Å². The fourth-order valence-electron chi connectivity index (χ4n) is 2.07. The van der Waals surface area contributed by atoms with Crippen LogP contribution in [-0.2, 0) is 6.54 Å². The van der Waals surface area contributed by atoms with Gasteiger partial charge in [-0.05, 0) is 35.7 Å². The van der Waals surface area contributed by atoms with Gasteiger partial charge in [-0.25, -0.2) is 4.68 Å². The van der Waals surface area contributed by atoms with Crippen LogP contribution in [0.5, 0.6) is 5.75 Å². The van der Waals surface area contributed by atoms with Crippen LogP contribution in [-0.4, -0.2) is 28.0 Å². The number of primary amides is 1. The molecule has 8 heteroatoms. The van der Waals surface area contributed by atoms with Crippen LogP contribution < -0.4 is 15.8 Å². The Morgan fingerprint density at radius 1 is 1.35 bits per heavy atom. The van der Waals surface area contributed by atoms with Gasteiger partial charge in [-0.15, -0.1) is 16.4 Å². The Labute approximate surface area is 136 Å². The minimum atomic E-state index is -0.469. The Kier molecular flexibility index (Phi) is 4.24. The third kappa shape index (κ3) is 3.32. The van der Waals surface area contributed by atoms with Gasteiger partial charge < -0.3 is 15.8 Å². The number of hydrogen-bond acceptors (Lipinski definition) is 6. The largest absolute Gasteiger partial charge is 0.497 e.